The number of para-hydroxylation sites is 1. The van der Waals surface area contributed by atoms with Gasteiger partial charge in [0, 0.05) is 6.54 Å². The van der Waals surface area contributed by atoms with Crippen LogP contribution in [0.5, 0.6) is 5.75 Å². The van der Waals surface area contributed by atoms with Crippen LogP contribution in [-0.4, -0.2) is 29.5 Å². The first kappa shape index (κ1) is 18.0. The van der Waals surface area contributed by atoms with Gasteiger partial charge in [-0.05, 0) is 40.3 Å². The second kappa shape index (κ2) is 9.10. The number of halogens is 2. The van der Waals surface area contributed by atoms with Crippen molar-refractivity contribution in [3.05, 3.63) is 63.7 Å². The molecule has 0 radical (unpaired) electrons. The summed E-state index contributed by atoms with van der Waals surface area (Å²) in [5.41, 5.74) is 0.833. The van der Waals surface area contributed by atoms with Crippen LogP contribution in [0, 0.1) is 3.57 Å². The SMILES string of the molecule is O=C(CCl)NC[C@@H](O)[C@H](Oc1ccccc1I)c1ccccc1. The normalized spacial score (nSPS) is 13.2. The zero-order valence-corrected chi connectivity index (χ0v) is 15.2. The standard InChI is InChI=1S/C17H17ClINO3/c18-10-16(22)20-11-14(21)17(12-6-2-1-3-7-12)23-15-9-5-4-8-13(15)19/h1-9,14,17,21H,10-11H2,(H,20,22)/t14-,17-/m1/s1. The maximum Gasteiger partial charge on any atom is 0.235 e. The largest absolute Gasteiger partial charge is 0.482 e. The van der Waals surface area contributed by atoms with Gasteiger partial charge < -0.3 is 15.2 Å². The summed E-state index contributed by atoms with van der Waals surface area (Å²) in [5.74, 6) is 0.219. The number of carbonyl (C=O) groups is 1. The Morgan fingerprint density at radius 3 is 2.48 bits per heavy atom. The second-order valence-electron chi connectivity index (χ2n) is 4.88. The molecule has 2 rings (SSSR count). The highest BCUT2D eigenvalue weighted by Crippen LogP contribution is 2.28. The average molecular weight is 446 g/mol. The van der Waals surface area contributed by atoms with Crippen molar-refractivity contribution in [1.82, 2.24) is 5.32 Å². The lowest BCUT2D eigenvalue weighted by Crippen LogP contribution is -2.37. The molecule has 6 heteroatoms. The molecule has 122 valence electrons. The third-order valence-corrected chi connectivity index (χ3v) is 4.33. The highest BCUT2D eigenvalue weighted by Gasteiger charge is 2.24. The Labute approximate surface area is 153 Å². The number of aliphatic hydroxyl groups is 1. The number of rotatable bonds is 7. The number of amides is 1. The Kier molecular flexibility index (Phi) is 7.14. The van der Waals surface area contributed by atoms with Crippen molar-refractivity contribution in [1.29, 1.82) is 0 Å². The van der Waals surface area contributed by atoms with Crippen LogP contribution in [0.15, 0.2) is 54.6 Å². The van der Waals surface area contributed by atoms with E-state index in [1.54, 1.807) is 0 Å². The Balaban J connectivity index is 2.18. The molecule has 0 aliphatic rings. The first-order valence-corrected chi connectivity index (χ1v) is 8.70. The fourth-order valence-corrected chi connectivity index (χ4v) is 2.67. The Morgan fingerprint density at radius 1 is 1.17 bits per heavy atom. The molecule has 0 bridgehead atoms. The molecular weight excluding hydrogens is 429 g/mol. The minimum atomic E-state index is -0.902. The fraction of sp³-hybridized carbons (Fsp3) is 0.235. The molecule has 2 N–H and O–H groups in total. The van der Waals surface area contributed by atoms with Gasteiger partial charge in [0.2, 0.25) is 5.91 Å². The summed E-state index contributed by atoms with van der Waals surface area (Å²) >= 11 is 7.64. The van der Waals surface area contributed by atoms with Gasteiger partial charge in [-0.2, -0.15) is 0 Å². The molecule has 0 fully saturated rings. The van der Waals surface area contributed by atoms with Gasteiger partial charge in [0.15, 0.2) is 6.10 Å². The van der Waals surface area contributed by atoms with Crippen molar-refractivity contribution in [3.8, 4) is 5.75 Å². The van der Waals surface area contributed by atoms with Gasteiger partial charge in [0.1, 0.15) is 17.7 Å². The van der Waals surface area contributed by atoms with Crippen molar-refractivity contribution in [2.45, 2.75) is 12.2 Å². The van der Waals surface area contributed by atoms with E-state index >= 15 is 0 Å². The first-order chi connectivity index (χ1) is 11.1. The van der Waals surface area contributed by atoms with E-state index in [4.69, 9.17) is 16.3 Å². The Bertz CT molecular complexity index is 639. The Morgan fingerprint density at radius 2 is 1.83 bits per heavy atom. The number of hydrogen-bond donors (Lipinski definition) is 2. The minimum absolute atomic E-state index is 0.0640. The van der Waals surface area contributed by atoms with E-state index in [0.717, 1.165) is 9.13 Å². The zero-order valence-electron chi connectivity index (χ0n) is 12.3. The minimum Gasteiger partial charge on any atom is -0.482 e. The van der Waals surface area contributed by atoms with Crippen LogP contribution in [-0.2, 0) is 4.79 Å². The summed E-state index contributed by atoms with van der Waals surface area (Å²) in [6.07, 6.45) is -1.50. The summed E-state index contributed by atoms with van der Waals surface area (Å²) < 4.78 is 6.96. The van der Waals surface area contributed by atoms with E-state index in [1.165, 1.54) is 0 Å². The molecular formula is C17H17ClINO3. The maximum absolute atomic E-state index is 11.3. The fourth-order valence-electron chi connectivity index (χ4n) is 2.06. The van der Waals surface area contributed by atoms with Gasteiger partial charge in [-0.1, -0.05) is 42.5 Å². The van der Waals surface area contributed by atoms with Crippen LogP contribution in [0.3, 0.4) is 0 Å². The van der Waals surface area contributed by atoms with Crippen LogP contribution in [0.25, 0.3) is 0 Å². The summed E-state index contributed by atoms with van der Waals surface area (Å²) in [5, 5.41) is 13.1. The molecule has 0 aliphatic carbocycles. The van der Waals surface area contributed by atoms with Gasteiger partial charge in [-0.25, -0.2) is 0 Å². The quantitative estimate of drug-likeness (QED) is 0.509. The smallest absolute Gasteiger partial charge is 0.235 e. The number of hydrogen-bond acceptors (Lipinski definition) is 3. The van der Waals surface area contributed by atoms with Crippen molar-refractivity contribution in [2.24, 2.45) is 0 Å². The summed E-state index contributed by atoms with van der Waals surface area (Å²) in [6, 6.07) is 17.0. The van der Waals surface area contributed by atoms with Crippen LogP contribution in [0.1, 0.15) is 11.7 Å². The molecule has 0 heterocycles. The number of aliphatic hydroxyl groups excluding tert-OH is 1. The monoisotopic (exact) mass is 445 g/mol. The predicted molar refractivity (Wildman–Crippen MR) is 98.7 cm³/mol. The second-order valence-corrected chi connectivity index (χ2v) is 6.31. The Hall–Kier alpha value is -1.31. The molecule has 0 aliphatic heterocycles. The van der Waals surface area contributed by atoms with Gasteiger partial charge in [0.05, 0.1) is 3.57 Å². The van der Waals surface area contributed by atoms with Crippen LogP contribution < -0.4 is 10.1 Å². The van der Waals surface area contributed by atoms with Gasteiger partial charge >= 0.3 is 0 Å². The van der Waals surface area contributed by atoms with Crippen molar-refractivity contribution >= 4 is 40.1 Å². The molecule has 0 aromatic heterocycles. The van der Waals surface area contributed by atoms with E-state index < -0.39 is 12.2 Å². The number of benzene rings is 2. The lowest BCUT2D eigenvalue weighted by atomic mass is 10.0. The molecule has 2 aromatic carbocycles. The number of alkyl halides is 1. The van der Waals surface area contributed by atoms with Crippen molar-refractivity contribution in [2.75, 3.05) is 12.4 Å². The zero-order chi connectivity index (χ0) is 16.7. The maximum atomic E-state index is 11.3. The average Bonchev–Trinajstić information content (AvgIpc) is 2.59. The number of carbonyl (C=O) groups excluding carboxylic acids is 1. The van der Waals surface area contributed by atoms with Crippen molar-refractivity contribution < 1.29 is 14.6 Å². The molecule has 23 heavy (non-hydrogen) atoms. The summed E-state index contributed by atoms with van der Waals surface area (Å²) in [7, 11) is 0. The third-order valence-electron chi connectivity index (χ3n) is 3.20. The molecule has 0 saturated heterocycles. The lowest BCUT2D eigenvalue weighted by molar-refractivity contribution is -0.119. The third kappa shape index (κ3) is 5.37. The molecule has 0 spiro atoms. The summed E-state index contributed by atoms with van der Waals surface area (Å²) in [4.78, 5) is 11.3. The lowest BCUT2D eigenvalue weighted by Gasteiger charge is -2.25. The molecule has 2 aromatic rings. The number of nitrogens with one attached hydrogen (secondary N) is 1. The van der Waals surface area contributed by atoms with E-state index in [0.29, 0.717) is 5.75 Å². The molecule has 1 amide bonds. The molecule has 4 nitrogen and oxygen atoms in total. The highest BCUT2D eigenvalue weighted by molar-refractivity contribution is 14.1. The van der Waals surface area contributed by atoms with E-state index in [-0.39, 0.29) is 18.3 Å². The predicted octanol–water partition coefficient (Wildman–Crippen LogP) is 3.13. The van der Waals surface area contributed by atoms with Crippen molar-refractivity contribution in [3.63, 3.8) is 0 Å². The van der Waals surface area contributed by atoms with E-state index in [1.807, 2.05) is 54.6 Å². The molecule has 0 saturated carbocycles. The topological polar surface area (TPSA) is 58.6 Å². The van der Waals surface area contributed by atoms with Crippen LogP contribution in [0.4, 0.5) is 0 Å². The van der Waals surface area contributed by atoms with E-state index in [9.17, 15) is 9.90 Å². The van der Waals surface area contributed by atoms with E-state index in [2.05, 4.69) is 27.9 Å². The van der Waals surface area contributed by atoms with Crippen LogP contribution in [0.2, 0.25) is 0 Å². The first-order valence-electron chi connectivity index (χ1n) is 7.08. The van der Waals surface area contributed by atoms with Gasteiger partial charge in [-0.3, -0.25) is 4.79 Å². The highest BCUT2D eigenvalue weighted by atomic mass is 127. The van der Waals surface area contributed by atoms with Crippen LogP contribution >= 0.6 is 34.2 Å². The van der Waals surface area contributed by atoms with Gasteiger partial charge in [0.25, 0.3) is 0 Å². The molecule has 0 unspecified atom stereocenters. The number of ether oxygens (including phenoxy) is 1. The van der Waals surface area contributed by atoms with Gasteiger partial charge in [-0.15, -0.1) is 11.6 Å². The summed E-state index contributed by atoms with van der Waals surface area (Å²) in [6.45, 7) is 0.0640. The molecule has 2 atom stereocenters.